The second kappa shape index (κ2) is 121. The molecule has 1 N–H and O–H groups in total. The summed E-state index contributed by atoms with van der Waals surface area (Å²) in [6.07, 6.45) is 10.5. The Labute approximate surface area is 174 Å². The largest absolute Gasteiger partial charge is 1.00 e. The van der Waals surface area contributed by atoms with Crippen LogP contribution in [0.5, 0.6) is 0 Å². The van der Waals surface area contributed by atoms with Crippen molar-refractivity contribution in [3.05, 3.63) is 75.9 Å². The van der Waals surface area contributed by atoms with Crippen molar-refractivity contribution < 1.29 is 44.6 Å². The second-order valence-electron chi connectivity index (χ2n) is 2.98. The molecule has 138 valence electrons. The number of carbonyl (C=O) groups excluding carboxylic acids is 1. The van der Waals surface area contributed by atoms with Gasteiger partial charge in [0, 0.05) is 0 Å². The monoisotopic (exact) mass is 350 g/mol. The van der Waals surface area contributed by atoms with Crippen molar-refractivity contribution in [3.8, 4) is 0 Å². The molecule has 4 heteroatoms. The molecule has 0 aromatic rings. The number of carboxylic acid groups (broad SMARTS) is 1. The van der Waals surface area contributed by atoms with Gasteiger partial charge in [0.2, 0.25) is 0 Å². The molecule has 3 nitrogen and oxygen atoms in total. The van der Waals surface area contributed by atoms with E-state index in [2.05, 4.69) is 39.5 Å². The minimum Gasteiger partial charge on any atom is -0.548 e. The zero-order valence-electron chi connectivity index (χ0n) is 17.2. The Morgan fingerprint density at radius 3 is 0.750 bits per heavy atom. The maximum Gasteiger partial charge on any atom is 1.00 e. The van der Waals surface area contributed by atoms with Crippen LogP contribution in [0, 0.1) is 0 Å². The number of allylic oxidation sites excluding steroid dienone is 6. The van der Waals surface area contributed by atoms with Crippen molar-refractivity contribution in [3.63, 3.8) is 0 Å². The minimum atomic E-state index is -1.44. The van der Waals surface area contributed by atoms with Crippen LogP contribution in [0.4, 0.5) is 0 Å². The zero-order chi connectivity index (χ0) is 20.5. The molecule has 0 saturated heterocycles. The number of hydrogen-bond donors (Lipinski definition) is 1. The van der Waals surface area contributed by atoms with Crippen molar-refractivity contribution in [2.24, 2.45) is 0 Å². The molecule has 0 radical (unpaired) electrons. The summed E-state index contributed by atoms with van der Waals surface area (Å²) >= 11 is 0. The molecular weight excluding hydrogens is 311 g/mol. The third-order valence-electron chi connectivity index (χ3n) is 0.129. The summed E-state index contributed by atoms with van der Waals surface area (Å²) in [5.41, 5.74) is 0. The Bertz CT molecular complexity index is 189. The van der Waals surface area contributed by atoms with Gasteiger partial charge in [-0.1, -0.05) is 36.5 Å². The van der Waals surface area contributed by atoms with Crippen LogP contribution in [-0.2, 0) is 4.79 Å². The van der Waals surface area contributed by atoms with E-state index in [9.17, 15) is 0 Å². The van der Waals surface area contributed by atoms with E-state index in [4.69, 9.17) is 15.0 Å². The fourth-order valence-corrected chi connectivity index (χ4v) is 0. The average Bonchev–Trinajstić information content (AvgIpc) is 2.44. The standard InChI is InChI=1S/6C3H6.C2H4O3.Na/c6*1-3-2;3-1-2(4)5;/h6*3H,1H2,2H3;3H,1H2,(H,4,5);/q;;;;;;;+1/p-1. The SMILES string of the molecule is C=CC.C=CC.C=CC.C=CC.C=CC.C=CC.O=C([O-])CO.[Na+]. The topological polar surface area (TPSA) is 60.4 Å². The Morgan fingerprint density at radius 1 is 0.708 bits per heavy atom. The quantitative estimate of drug-likeness (QED) is 0.580. The first-order valence-corrected chi connectivity index (χ1v) is 6.99. The van der Waals surface area contributed by atoms with E-state index in [0.717, 1.165) is 0 Å². The third-order valence-corrected chi connectivity index (χ3v) is 0.129. The summed E-state index contributed by atoms with van der Waals surface area (Å²) in [6, 6.07) is 0. The van der Waals surface area contributed by atoms with E-state index in [1.54, 1.807) is 36.5 Å². The summed E-state index contributed by atoms with van der Waals surface area (Å²) in [5.74, 6) is -1.44. The van der Waals surface area contributed by atoms with Crippen LogP contribution in [0.15, 0.2) is 75.9 Å². The normalized spacial score (nSPS) is 4.79. The fraction of sp³-hybridized carbons (Fsp3) is 0.350. The number of aliphatic hydroxyl groups is 1. The molecule has 0 rings (SSSR count). The molecule has 0 atom stereocenters. The van der Waals surface area contributed by atoms with E-state index in [1.165, 1.54) is 0 Å². The first kappa shape index (κ1) is 49.5. The molecule has 0 aliphatic heterocycles. The molecule has 0 fully saturated rings. The van der Waals surface area contributed by atoms with Crippen molar-refractivity contribution in [2.75, 3.05) is 6.61 Å². The first-order chi connectivity index (χ1) is 10.8. The Hall–Kier alpha value is -1.13. The molecule has 0 amide bonds. The summed E-state index contributed by atoms with van der Waals surface area (Å²) in [4.78, 5) is 9.01. The van der Waals surface area contributed by atoms with Crippen LogP contribution in [-0.4, -0.2) is 17.7 Å². The Balaban J connectivity index is -0.0000000209. The molecule has 0 saturated carbocycles. The maximum atomic E-state index is 9.01. The van der Waals surface area contributed by atoms with Gasteiger partial charge in [-0.15, -0.1) is 39.5 Å². The van der Waals surface area contributed by atoms with Gasteiger partial charge in [-0.2, -0.15) is 0 Å². The smallest absolute Gasteiger partial charge is 0.548 e. The van der Waals surface area contributed by atoms with Gasteiger partial charge in [0.1, 0.15) is 0 Å². The number of aliphatic carboxylic acids is 1. The van der Waals surface area contributed by atoms with Gasteiger partial charge < -0.3 is 15.0 Å². The molecule has 0 heterocycles. The van der Waals surface area contributed by atoms with Gasteiger partial charge in [0.05, 0.1) is 12.6 Å². The molecule has 0 aliphatic carbocycles. The summed E-state index contributed by atoms with van der Waals surface area (Å²) in [5, 5.41) is 16.5. The van der Waals surface area contributed by atoms with Gasteiger partial charge in [-0.05, 0) is 41.5 Å². The molecule has 0 unspecified atom stereocenters. The van der Waals surface area contributed by atoms with E-state index in [-0.39, 0.29) is 29.6 Å². The van der Waals surface area contributed by atoms with Crippen molar-refractivity contribution in [2.45, 2.75) is 41.5 Å². The molecular formula is C20H39NaO3. The summed E-state index contributed by atoms with van der Waals surface area (Å²) in [6.45, 7) is 30.6. The molecule has 0 aromatic carbocycles. The minimum absolute atomic E-state index is 0. The van der Waals surface area contributed by atoms with Crippen LogP contribution >= 0.6 is 0 Å². The number of hydrogen-bond acceptors (Lipinski definition) is 3. The van der Waals surface area contributed by atoms with Crippen LogP contribution < -0.4 is 34.7 Å². The number of carboxylic acids is 1. The number of carbonyl (C=O) groups is 1. The molecule has 24 heavy (non-hydrogen) atoms. The predicted molar refractivity (Wildman–Crippen MR) is 107 cm³/mol. The Morgan fingerprint density at radius 2 is 0.750 bits per heavy atom. The molecule has 0 aromatic heterocycles. The van der Waals surface area contributed by atoms with Gasteiger partial charge in [0.25, 0.3) is 0 Å². The summed E-state index contributed by atoms with van der Waals surface area (Å²) in [7, 11) is 0. The molecule has 0 aliphatic rings. The van der Waals surface area contributed by atoms with Crippen LogP contribution in [0.3, 0.4) is 0 Å². The van der Waals surface area contributed by atoms with Crippen molar-refractivity contribution >= 4 is 5.97 Å². The van der Waals surface area contributed by atoms with Crippen molar-refractivity contribution in [1.29, 1.82) is 0 Å². The number of rotatable bonds is 1. The second-order valence-corrected chi connectivity index (χ2v) is 2.98. The van der Waals surface area contributed by atoms with E-state index in [1.807, 2.05) is 41.5 Å². The van der Waals surface area contributed by atoms with Crippen molar-refractivity contribution in [1.82, 2.24) is 0 Å². The van der Waals surface area contributed by atoms with E-state index < -0.39 is 12.6 Å². The average molecular weight is 351 g/mol. The van der Waals surface area contributed by atoms with Gasteiger partial charge in [-0.25, -0.2) is 0 Å². The van der Waals surface area contributed by atoms with Crippen LogP contribution in [0.2, 0.25) is 0 Å². The fourth-order valence-electron chi connectivity index (χ4n) is 0. The Kier molecular flexibility index (Phi) is 250. The van der Waals surface area contributed by atoms with Crippen LogP contribution in [0.25, 0.3) is 0 Å². The van der Waals surface area contributed by atoms with E-state index in [0.29, 0.717) is 0 Å². The van der Waals surface area contributed by atoms with Gasteiger partial charge >= 0.3 is 29.6 Å². The van der Waals surface area contributed by atoms with E-state index >= 15 is 0 Å². The van der Waals surface area contributed by atoms with Crippen LogP contribution in [0.1, 0.15) is 41.5 Å². The third kappa shape index (κ3) is 10900. The number of aliphatic hydroxyl groups excluding tert-OH is 1. The van der Waals surface area contributed by atoms with Gasteiger partial charge in [0.15, 0.2) is 0 Å². The maximum absolute atomic E-state index is 9.01. The first-order valence-electron chi connectivity index (χ1n) is 6.99. The van der Waals surface area contributed by atoms with Gasteiger partial charge in [-0.3, -0.25) is 0 Å². The molecule has 0 bridgehead atoms. The summed E-state index contributed by atoms with van der Waals surface area (Å²) < 4.78 is 0. The predicted octanol–water partition coefficient (Wildman–Crippen LogP) is 1.89. The molecule has 0 spiro atoms. The zero-order valence-corrected chi connectivity index (χ0v) is 19.2.